The van der Waals surface area contributed by atoms with Gasteiger partial charge in [0.15, 0.2) is 0 Å². The molecule has 0 aromatic heterocycles. The second-order valence-corrected chi connectivity index (χ2v) is 4.21. The third kappa shape index (κ3) is 7.10. The Hall–Kier alpha value is -0.810. The number of hydrogen-bond acceptors (Lipinski definition) is 3. The summed E-state index contributed by atoms with van der Waals surface area (Å²) < 4.78 is 0. The molecule has 0 spiro atoms. The van der Waals surface area contributed by atoms with Crippen LogP contribution in [0.15, 0.2) is 30.3 Å². The summed E-state index contributed by atoms with van der Waals surface area (Å²) in [6.45, 7) is 7.72. The number of nitrogens with zero attached hydrogens (tertiary/aromatic N) is 1. The van der Waals surface area contributed by atoms with E-state index in [1.807, 2.05) is 30.3 Å². The van der Waals surface area contributed by atoms with E-state index in [1.165, 1.54) is 0 Å². The van der Waals surface area contributed by atoms with Gasteiger partial charge in [-0.1, -0.05) is 44.2 Å². The zero-order chi connectivity index (χ0) is 13.4. The first-order valence-corrected chi connectivity index (χ1v) is 6.49. The fourth-order valence-corrected chi connectivity index (χ4v) is 1.80. The molecule has 0 fully saturated rings. The van der Waals surface area contributed by atoms with Crippen molar-refractivity contribution >= 4 is 30.7 Å². The summed E-state index contributed by atoms with van der Waals surface area (Å²) in [6.07, 6.45) is 0. The number of nitrogens with one attached hydrogen (secondary N) is 1. The van der Waals surface area contributed by atoms with Gasteiger partial charge in [-0.25, -0.2) is 0 Å². The van der Waals surface area contributed by atoms with Gasteiger partial charge in [-0.15, -0.1) is 24.8 Å². The Morgan fingerprint density at radius 1 is 1.20 bits per heavy atom. The van der Waals surface area contributed by atoms with E-state index in [-0.39, 0.29) is 30.7 Å². The summed E-state index contributed by atoms with van der Waals surface area (Å²) >= 11 is 0. The van der Waals surface area contributed by atoms with E-state index in [2.05, 4.69) is 24.1 Å². The van der Waals surface area contributed by atoms with Crippen LogP contribution in [0.1, 0.15) is 25.5 Å². The molecule has 0 saturated heterocycles. The van der Waals surface area contributed by atoms with Crippen molar-refractivity contribution in [1.29, 1.82) is 0 Å². The average Bonchev–Trinajstić information content (AvgIpc) is 2.43. The highest BCUT2D eigenvalue weighted by Gasteiger charge is 2.14. The Morgan fingerprint density at radius 2 is 1.75 bits per heavy atom. The van der Waals surface area contributed by atoms with Crippen molar-refractivity contribution in [1.82, 2.24) is 10.2 Å². The van der Waals surface area contributed by atoms with Crippen molar-refractivity contribution in [3.8, 4) is 0 Å². The Morgan fingerprint density at radius 3 is 2.25 bits per heavy atom. The van der Waals surface area contributed by atoms with Gasteiger partial charge in [0.1, 0.15) is 6.04 Å². The fraction of sp³-hybridized carbons (Fsp3) is 0.500. The zero-order valence-corrected chi connectivity index (χ0v) is 13.7. The highest BCUT2D eigenvalue weighted by atomic mass is 35.5. The van der Waals surface area contributed by atoms with Gasteiger partial charge in [-0.05, 0) is 18.7 Å². The lowest BCUT2D eigenvalue weighted by atomic mass is 10.1. The van der Waals surface area contributed by atoms with Crippen LogP contribution in [0.4, 0.5) is 0 Å². The second-order valence-electron chi connectivity index (χ2n) is 4.21. The van der Waals surface area contributed by atoms with E-state index >= 15 is 0 Å². The number of carbonyl (C=O) groups excluding carboxylic acids is 1. The minimum absolute atomic E-state index is 0. The van der Waals surface area contributed by atoms with Crippen LogP contribution in [-0.2, 0) is 4.79 Å². The number of nitrogens with two attached hydrogens (primary N) is 1. The predicted molar refractivity (Wildman–Crippen MR) is 88.7 cm³/mol. The van der Waals surface area contributed by atoms with Crippen LogP contribution in [0.3, 0.4) is 0 Å². The molecular weight excluding hydrogens is 297 g/mol. The third-order valence-electron chi connectivity index (χ3n) is 3.06. The van der Waals surface area contributed by atoms with E-state index in [9.17, 15) is 4.79 Å². The maximum absolute atomic E-state index is 11.8. The first-order valence-electron chi connectivity index (χ1n) is 6.49. The third-order valence-corrected chi connectivity index (χ3v) is 3.06. The maximum atomic E-state index is 11.8. The van der Waals surface area contributed by atoms with E-state index < -0.39 is 6.04 Å². The summed E-state index contributed by atoms with van der Waals surface area (Å²) in [6, 6.07) is 8.84. The largest absolute Gasteiger partial charge is 0.353 e. The van der Waals surface area contributed by atoms with Gasteiger partial charge in [-0.2, -0.15) is 0 Å². The first kappa shape index (κ1) is 21.5. The van der Waals surface area contributed by atoms with Crippen molar-refractivity contribution < 1.29 is 4.79 Å². The van der Waals surface area contributed by atoms with E-state index in [1.54, 1.807) is 0 Å². The number of rotatable bonds is 7. The monoisotopic (exact) mass is 321 g/mol. The summed E-state index contributed by atoms with van der Waals surface area (Å²) in [5, 5.41) is 2.87. The van der Waals surface area contributed by atoms with Crippen LogP contribution in [0.2, 0.25) is 0 Å². The van der Waals surface area contributed by atoms with Crippen molar-refractivity contribution in [3.05, 3.63) is 35.9 Å². The van der Waals surface area contributed by atoms with Crippen LogP contribution in [0.5, 0.6) is 0 Å². The van der Waals surface area contributed by atoms with Gasteiger partial charge in [-0.3, -0.25) is 4.79 Å². The molecule has 0 saturated carbocycles. The van der Waals surface area contributed by atoms with Crippen LogP contribution >= 0.6 is 24.8 Å². The maximum Gasteiger partial charge on any atom is 0.241 e. The average molecular weight is 322 g/mol. The molecule has 0 heterocycles. The predicted octanol–water partition coefficient (Wildman–Crippen LogP) is 1.99. The van der Waals surface area contributed by atoms with Crippen LogP contribution in [-0.4, -0.2) is 37.0 Å². The molecule has 0 bridgehead atoms. The van der Waals surface area contributed by atoms with Gasteiger partial charge in [0.05, 0.1) is 0 Å². The molecule has 0 aliphatic carbocycles. The summed E-state index contributed by atoms with van der Waals surface area (Å²) in [4.78, 5) is 14.1. The van der Waals surface area contributed by atoms with Crippen molar-refractivity contribution in [3.63, 3.8) is 0 Å². The van der Waals surface area contributed by atoms with Crippen LogP contribution < -0.4 is 11.1 Å². The molecule has 1 amide bonds. The summed E-state index contributed by atoms with van der Waals surface area (Å²) in [5.74, 6) is -0.117. The van der Waals surface area contributed by atoms with Crippen molar-refractivity contribution in [2.45, 2.75) is 19.9 Å². The summed E-state index contributed by atoms with van der Waals surface area (Å²) in [5.41, 5.74) is 6.74. The number of amides is 1. The molecule has 116 valence electrons. The van der Waals surface area contributed by atoms with E-state index in [4.69, 9.17) is 5.73 Å². The Balaban J connectivity index is 0. The standard InChI is InChI=1S/C14H23N3O.2ClH/c1-3-17(4-2)11-10-16-14(18)13(15)12-8-6-5-7-9-12;;/h5-9,13H,3-4,10-11,15H2,1-2H3,(H,16,18);2*1H. The van der Waals surface area contributed by atoms with E-state index in [0.717, 1.165) is 25.2 Å². The topological polar surface area (TPSA) is 58.4 Å². The Kier molecular flexibility index (Phi) is 12.9. The zero-order valence-electron chi connectivity index (χ0n) is 12.0. The molecule has 1 aromatic carbocycles. The molecule has 0 aliphatic rings. The Bertz CT molecular complexity index is 359. The molecule has 1 unspecified atom stereocenters. The SMILES string of the molecule is CCN(CC)CCNC(=O)C(N)c1ccccc1.Cl.Cl. The molecule has 1 aromatic rings. The van der Waals surface area contributed by atoms with Gasteiger partial charge < -0.3 is 16.0 Å². The number of benzene rings is 1. The highest BCUT2D eigenvalue weighted by molar-refractivity contribution is 5.85. The molecule has 3 N–H and O–H groups in total. The molecule has 6 heteroatoms. The Labute approximate surface area is 133 Å². The lowest BCUT2D eigenvalue weighted by Crippen LogP contribution is -2.39. The summed E-state index contributed by atoms with van der Waals surface area (Å²) in [7, 11) is 0. The minimum Gasteiger partial charge on any atom is -0.353 e. The molecular formula is C14H25Cl2N3O. The lowest BCUT2D eigenvalue weighted by molar-refractivity contribution is -0.122. The van der Waals surface area contributed by atoms with Gasteiger partial charge >= 0.3 is 0 Å². The normalized spacial score (nSPS) is 11.2. The molecule has 0 radical (unpaired) electrons. The van der Waals surface area contributed by atoms with Gasteiger partial charge in [0.25, 0.3) is 0 Å². The molecule has 4 nitrogen and oxygen atoms in total. The smallest absolute Gasteiger partial charge is 0.241 e. The van der Waals surface area contributed by atoms with Crippen LogP contribution in [0, 0.1) is 0 Å². The second kappa shape index (κ2) is 12.0. The number of hydrogen-bond donors (Lipinski definition) is 2. The fourth-order valence-electron chi connectivity index (χ4n) is 1.80. The van der Waals surface area contributed by atoms with Crippen molar-refractivity contribution in [2.24, 2.45) is 5.73 Å². The first-order chi connectivity index (χ1) is 8.69. The molecule has 1 atom stereocenters. The molecule has 1 rings (SSSR count). The number of likely N-dealkylation sites (N-methyl/N-ethyl adjacent to an activating group) is 1. The number of halogens is 2. The molecule has 20 heavy (non-hydrogen) atoms. The van der Waals surface area contributed by atoms with E-state index in [0.29, 0.717) is 6.54 Å². The lowest BCUT2D eigenvalue weighted by Gasteiger charge is -2.19. The molecule has 0 aliphatic heterocycles. The number of carbonyl (C=O) groups is 1. The quantitative estimate of drug-likeness (QED) is 0.807. The van der Waals surface area contributed by atoms with Gasteiger partial charge in [0.2, 0.25) is 5.91 Å². The van der Waals surface area contributed by atoms with Gasteiger partial charge in [0, 0.05) is 13.1 Å². The van der Waals surface area contributed by atoms with Crippen LogP contribution in [0.25, 0.3) is 0 Å². The minimum atomic E-state index is -0.581. The highest BCUT2D eigenvalue weighted by Crippen LogP contribution is 2.08. The van der Waals surface area contributed by atoms with Crippen molar-refractivity contribution in [2.75, 3.05) is 26.2 Å².